The molecular formula is C50H36N4. The van der Waals surface area contributed by atoms with Crippen LogP contribution in [0.4, 0.5) is 0 Å². The van der Waals surface area contributed by atoms with Crippen LogP contribution in [0.5, 0.6) is 0 Å². The molecule has 256 valence electrons. The number of nitrogens with zero attached hydrogens (tertiary/aromatic N) is 2. The van der Waals surface area contributed by atoms with Crippen LogP contribution in [-0.4, -0.2) is 17.7 Å². The highest BCUT2D eigenvalue weighted by Crippen LogP contribution is 2.33. The van der Waals surface area contributed by atoms with Gasteiger partial charge in [-0.25, -0.2) is 9.98 Å². The molecule has 0 amide bonds. The average Bonchev–Trinajstić information content (AvgIpc) is 3.26. The van der Waals surface area contributed by atoms with Gasteiger partial charge >= 0.3 is 0 Å². The van der Waals surface area contributed by atoms with Gasteiger partial charge in [-0.2, -0.15) is 0 Å². The summed E-state index contributed by atoms with van der Waals surface area (Å²) in [5.41, 5.74) is 11.3. The van der Waals surface area contributed by atoms with Crippen molar-refractivity contribution in [3.8, 4) is 22.3 Å². The number of nitrogens with one attached hydrogen (secondary N) is 2. The van der Waals surface area contributed by atoms with E-state index in [1.54, 1.807) is 0 Å². The number of allylic oxidation sites excluding steroid dienone is 2. The van der Waals surface area contributed by atoms with E-state index in [9.17, 15) is 0 Å². The molecule has 2 aliphatic heterocycles. The predicted octanol–water partition coefficient (Wildman–Crippen LogP) is 9.07. The summed E-state index contributed by atoms with van der Waals surface area (Å²) in [6, 6.07) is 60.4. The van der Waals surface area contributed by atoms with E-state index in [-0.39, 0.29) is 12.2 Å². The van der Waals surface area contributed by atoms with Crippen molar-refractivity contribution < 1.29 is 0 Å². The second-order valence-electron chi connectivity index (χ2n) is 13.9. The number of benzene rings is 7. The van der Waals surface area contributed by atoms with Crippen molar-refractivity contribution in [1.82, 2.24) is 10.6 Å². The molecule has 7 aromatic rings. The summed E-state index contributed by atoms with van der Waals surface area (Å²) in [5, 5.41) is 12.3. The van der Waals surface area contributed by atoms with E-state index in [2.05, 4.69) is 181 Å². The summed E-state index contributed by atoms with van der Waals surface area (Å²) in [5.74, 6) is 1.51. The molecule has 4 nitrogen and oxygen atoms in total. The highest BCUT2D eigenvalue weighted by atomic mass is 15.2. The van der Waals surface area contributed by atoms with Gasteiger partial charge < -0.3 is 10.6 Å². The van der Waals surface area contributed by atoms with Gasteiger partial charge in [-0.05, 0) is 85.3 Å². The fourth-order valence-corrected chi connectivity index (χ4v) is 7.78. The largest absolute Gasteiger partial charge is 0.374 e. The zero-order valence-corrected chi connectivity index (χ0v) is 29.5. The number of rotatable bonds is 6. The van der Waals surface area contributed by atoms with E-state index < -0.39 is 0 Å². The molecule has 2 N–H and O–H groups in total. The Labute approximate surface area is 314 Å². The van der Waals surface area contributed by atoms with Gasteiger partial charge in [0, 0.05) is 16.3 Å². The molecule has 10 rings (SSSR count). The summed E-state index contributed by atoms with van der Waals surface area (Å²) in [4.78, 5) is 10.4. The molecule has 0 spiro atoms. The standard InChI is InChI=1S/C50H36N4/c1-4-14-33(15-5-1)40-30-41(32-42(31-40)50-53-48(34-16-6-2-7-17-34)52-49(54-50)35-18-8-3-9-19-35)38-25-24-37-29-39(27-26-36(37)28-38)47-45-22-11-10-20-43(45)44-21-12-13-23-46(44)51-47/h1-32,46,48,51H,(H,52,53,54). The normalized spacial score (nSPS) is 17.2. The van der Waals surface area contributed by atoms with Crippen LogP contribution in [0.2, 0.25) is 0 Å². The Kier molecular flexibility index (Phi) is 7.92. The first-order valence-electron chi connectivity index (χ1n) is 18.5. The van der Waals surface area contributed by atoms with E-state index in [4.69, 9.17) is 9.98 Å². The molecule has 4 heteroatoms. The maximum absolute atomic E-state index is 5.21. The van der Waals surface area contributed by atoms with Crippen LogP contribution >= 0.6 is 0 Å². The SMILES string of the molecule is C1=CC2=c3ccccc3=C(c3ccc4cc(-c5cc(C6=NC(c7ccccc7)NC(c7ccccc7)=N6)cc(-c6ccccc6)c5)ccc4c3)NC2C=C1. The first kappa shape index (κ1) is 31.7. The molecule has 54 heavy (non-hydrogen) atoms. The molecule has 0 fully saturated rings. The monoisotopic (exact) mass is 692 g/mol. The summed E-state index contributed by atoms with van der Waals surface area (Å²) in [6.07, 6.45) is 8.44. The molecule has 2 unspecified atom stereocenters. The lowest BCUT2D eigenvalue weighted by atomic mass is 9.91. The summed E-state index contributed by atoms with van der Waals surface area (Å²) < 4.78 is 0. The van der Waals surface area contributed by atoms with Gasteiger partial charge in [0.15, 0.2) is 5.84 Å². The highest BCUT2D eigenvalue weighted by molar-refractivity contribution is 6.13. The van der Waals surface area contributed by atoms with Gasteiger partial charge in [0.25, 0.3) is 0 Å². The molecule has 2 heterocycles. The van der Waals surface area contributed by atoms with Gasteiger partial charge in [0.2, 0.25) is 0 Å². The highest BCUT2D eigenvalue weighted by Gasteiger charge is 2.23. The summed E-state index contributed by atoms with van der Waals surface area (Å²) >= 11 is 0. The van der Waals surface area contributed by atoms with E-state index in [1.807, 2.05) is 24.3 Å². The third kappa shape index (κ3) is 5.94. The zero-order valence-electron chi connectivity index (χ0n) is 29.5. The van der Waals surface area contributed by atoms with Gasteiger partial charge in [-0.1, -0.05) is 164 Å². The van der Waals surface area contributed by atoms with Crippen molar-refractivity contribution in [2.24, 2.45) is 9.98 Å². The first-order valence-corrected chi connectivity index (χ1v) is 18.5. The second-order valence-corrected chi connectivity index (χ2v) is 13.9. The minimum absolute atomic E-state index is 0.157. The van der Waals surface area contributed by atoms with Crippen molar-refractivity contribution in [2.45, 2.75) is 12.2 Å². The molecule has 0 saturated heterocycles. The summed E-state index contributed by atoms with van der Waals surface area (Å²) in [7, 11) is 0. The van der Waals surface area contributed by atoms with Crippen LogP contribution in [-0.2, 0) is 0 Å². The molecule has 0 aromatic heterocycles. The smallest absolute Gasteiger partial charge is 0.159 e. The van der Waals surface area contributed by atoms with E-state index in [1.165, 1.54) is 32.3 Å². The third-order valence-electron chi connectivity index (χ3n) is 10.5. The molecule has 7 aromatic carbocycles. The van der Waals surface area contributed by atoms with E-state index >= 15 is 0 Å². The maximum Gasteiger partial charge on any atom is 0.159 e. The van der Waals surface area contributed by atoms with Crippen LogP contribution in [0.15, 0.2) is 204 Å². The molecule has 3 aliphatic rings. The molecule has 0 radical (unpaired) electrons. The Morgan fingerprint density at radius 2 is 1.06 bits per heavy atom. The van der Waals surface area contributed by atoms with Crippen molar-refractivity contribution in [2.75, 3.05) is 0 Å². The maximum atomic E-state index is 5.21. The third-order valence-corrected chi connectivity index (χ3v) is 10.5. The van der Waals surface area contributed by atoms with Gasteiger partial charge in [-0.15, -0.1) is 0 Å². The lowest BCUT2D eigenvalue weighted by Crippen LogP contribution is -2.45. The lowest BCUT2D eigenvalue weighted by molar-refractivity contribution is 0.674. The topological polar surface area (TPSA) is 48.8 Å². The Hall–Kier alpha value is -7.04. The van der Waals surface area contributed by atoms with Crippen LogP contribution in [0, 0.1) is 0 Å². The minimum Gasteiger partial charge on any atom is -0.374 e. The fourth-order valence-electron chi connectivity index (χ4n) is 7.78. The van der Waals surface area contributed by atoms with Crippen LogP contribution in [0.25, 0.3) is 44.3 Å². The van der Waals surface area contributed by atoms with E-state index in [0.717, 1.165) is 50.5 Å². The Morgan fingerprint density at radius 3 is 1.81 bits per heavy atom. The van der Waals surface area contributed by atoms with E-state index in [0.29, 0.717) is 5.84 Å². The molecule has 1 aliphatic carbocycles. The van der Waals surface area contributed by atoms with Crippen molar-refractivity contribution >= 4 is 33.7 Å². The zero-order chi connectivity index (χ0) is 35.8. The number of aliphatic imine (C=N–C) groups is 2. The van der Waals surface area contributed by atoms with Crippen molar-refractivity contribution in [1.29, 1.82) is 0 Å². The van der Waals surface area contributed by atoms with Gasteiger partial charge in [0.1, 0.15) is 12.0 Å². The Balaban J connectivity index is 1.09. The fraction of sp³-hybridized carbons (Fsp3) is 0.0400. The predicted molar refractivity (Wildman–Crippen MR) is 223 cm³/mol. The average molecular weight is 693 g/mol. The quantitative estimate of drug-likeness (QED) is 0.183. The number of hydrogen-bond donors (Lipinski definition) is 2. The molecule has 0 bridgehead atoms. The minimum atomic E-state index is -0.272. The Bertz CT molecular complexity index is 2810. The van der Waals surface area contributed by atoms with Crippen LogP contribution in [0.1, 0.15) is 28.4 Å². The molecular weight excluding hydrogens is 657 g/mol. The lowest BCUT2D eigenvalue weighted by Gasteiger charge is -2.27. The van der Waals surface area contributed by atoms with Gasteiger partial charge in [0.05, 0.1) is 11.7 Å². The van der Waals surface area contributed by atoms with Crippen LogP contribution in [0.3, 0.4) is 0 Å². The van der Waals surface area contributed by atoms with Crippen molar-refractivity contribution in [3.63, 3.8) is 0 Å². The van der Waals surface area contributed by atoms with Crippen LogP contribution < -0.4 is 21.1 Å². The number of fused-ring (bicyclic) bond motifs is 3. The molecule has 0 saturated carbocycles. The Morgan fingerprint density at radius 1 is 0.444 bits per heavy atom. The van der Waals surface area contributed by atoms with Crippen molar-refractivity contribution in [3.05, 3.63) is 227 Å². The molecule has 2 atom stereocenters. The number of hydrogen-bond acceptors (Lipinski definition) is 4. The first-order chi connectivity index (χ1) is 26.7. The second kappa shape index (κ2) is 13.5. The summed E-state index contributed by atoms with van der Waals surface area (Å²) in [6.45, 7) is 0. The van der Waals surface area contributed by atoms with Gasteiger partial charge in [-0.3, -0.25) is 0 Å². The number of amidine groups is 2.